The van der Waals surface area contributed by atoms with Crippen molar-refractivity contribution in [2.45, 2.75) is 0 Å². The highest BCUT2D eigenvalue weighted by Gasteiger charge is 2.20. The van der Waals surface area contributed by atoms with Crippen LogP contribution in [0.5, 0.6) is 0 Å². The number of rotatable bonds is 7. The first kappa shape index (κ1) is 32.6. The highest BCUT2D eigenvalue weighted by atomic mass is 16.6. The molecule has 0 spiro atoms. The lowest BCUT2D eigenvalue weighted by Gasteiger charge is -2.11. The zero-order valence-corrected chi connectivity index (χ0v) is 29.4. The van der Waals surface area contributed by atoms with Crippen molar-refractivity contribution in [3.63, 3.8) is 0 Å². The van der Waals surface area contributed by atoms with Crippen LogP contribution in [0.4, 0.5) is 11.4 Å². The molecule has 266 valence electrons. The van der Waals surface area contributed by atoms with E-state index in [1.54, 1.807) is 24.3 Å². The maximum Gasteiger partial charge on any atom is 0.269 e. The van der Waals surface area contributed by atoms with Crippen molar-refractivity contribution in [2.75, 3.05) is 0 Å². The van der Waals surface area contributed by atoms with Crippen LogP contribution in [0.15, 0.2) is 164 Å². The average molecular weight is 730 g/mol. The summed E-state index contributed by atoms with van der Waals surface area (Å²) in [6.45, 7) is 0. The van der Waals surface area contributed by atoms with Crippen LogP contribution in [0.3, 0.4) is 0 Å². The number of nitro groups is 2. The molecule has 0 bridgehead atoms. The molecule has 0 aliphatic heterocycles. The lowest BCUT2D eigenvalue weighted by Crippen LogP contribution is -2.06. The lowest BCUT2D eigenvalue weighted by atomic mass is 10.0. The molecule has 0 saturated carbocycles. The Morgan fingerprint density at radius 1 is 0.393 bits per heavy atom. The highest BCUT2D eigenvalue weighted by molar-refractivity contribution is 6.12. The third-order valence-corrected chi connectivity index (χ3v) is 10.2. The molecule has 10 aromatic rings. The van der Waals surface area contributed by atoms with Crippen LogP contribution in [-0.2, 0) is 0 Å². The van der Waals surface area contributed by atoms with Crippen LogP contribution in [-0.4, -0.2) is 33.9 Å². The summed E-state index contributed by atoms with van der Waals surface area (Å²) in [4.78, 5) is 36.7. The third-order valence-electron chi connectivity index (χ3n) is 10.2. The minimum Gasteiger partial charge on any atom is -0.309 e. The maximum absolute atomic E-state index is 11.4. The molecule has 11 nitrogen and oxygen atoms in total. The van der Waals surface area contributed by atoms with E-state index in [0.29, 0.717) is 28.7 Å². The second-order valence-electron chi connectivity index (χ2n) is 13.4. The van der Waals surface area contributed by atoms with Gasteiger partial charge in [0.15, 0.2) is 11.6 Å². The molecule has 0 aliphatic carbocycles. The monoisotopic (exact) mass is 729 g/mol. The Kier molecular flexibility index (Phi) is 7.46. The minimum atomic E-state index is -0.459. The predicted octanol–water partition coefficient (Wildman–Crippen LogP) is 10.9. The van der Waals surface area contributed by atoms with Crippen molar-refractivity contribution >= 4 is 55.0 Å². The molecule has 0 unspecified atom stereocenters. The van der Waals surface area contributed by atoms with Gasteiger partial charge in [-0.2, -0.15) is 9.97 Å². The van der Waals surface area contributed by atoms with E-state index in [2.05, 4.69) is 95.6 Å². The highest BCUT2D eigenvalue weighted by Crippen LogP contribution is 2.38. The molecular formula is C45H27N7O4. The number of para-hydroxylation sites is 3. The van der Waals surface area contributed by atoms with Crippen molar-refractivity contribution in [1.82, 2.24) is 24.1 Å². The van der Waals surface area contributed by atoms with Crippen molar-refractivity contribution in [1.29, 1.82) is 0 Å². The molecule has 0 amide bonds. The van der Waals surface area contributed by atoms with Crippen LogP contribution in [0.1, 0.15) is 0 Å². The van der Waals surface area contributed by atoms with Crippen molar-refractivity contribution < 1.29 is 9.85 Å². The van der Waals surface area contributed by atoms with Gasteiger partial charge in [-0.25, -0.2) is 4.98 Å². The Balaban J connectivity index is 1.18. The van der Waals surface area contributed by atoms with E-state index in [4.69, 9.17) is 15.0 Å². The van der Waals surface area contributed by atoms with Gasteiger partial charge in [0.1, 0.15) is 0 Å². The summed E-state index contributed by atoms with van der Waals surface area (Å²) < 4.78 is 4.29. The van der Waals surface area contributed by atoms with E-state index in [1.165, 1.54) is 24.3 Å². The van der Waals surface area contributed by atoms with Crippen LogP contribution >= 0.6 is 0 Å². The maximum atomic E-state index is 11.4. The molecule has 10 rings (SSSR count). The number of fused-ring (bicyclic) bond motifs is 6. The molecular weight excluding hydrogens is 703 g/mol. The van der Waals surface area contributed by atoms with Gasteiger partial charge in [0.2, 0.25) is 5.95 Å². The lowest BCUT2D eigenvalue weighted by molar-refractivity contribution is -0.385. The first-order valence-electron chi connectivity index (χ1n) is 17.8. The molecule has 0 N–H and O–H groups in total. The van der Waals surface area contributed by atoms with Gasteiger partial charge < -0.3 is 4.57 Å². The van der Waals surface area contributed by atoms with Crippen molar-refractivity contribution in [3.8, 4) is 45.5 Å². The number of hydrogen-bond donors (Lipinski definition) is 0. The molecule has 0 atom stereocenters. The predicted molar refractivity (Wildman–Crippen MR) is 218 cm³/mol. The normalized spacial score (nSPS) is 11.5. The van der Waals surface area contributed by atoms with E-state index in [0.717, 1.165) is 60.4 Å². The molecule has 0 radical (unpaired) electrons. The van der Waals surface area contributed by atoms with Gasteiger partial charge >= 0.3 is 0 Å². The Labute approximate surface area is 317 Å². The van der Waals surface area contributed by atoms with Crippen LogP contribution in [0, 0.1) is 20.2 Å². The van der Waals surface area contributed by atoms with Crippen LogP contribution in [0.2, 0.25) is 0 Å². The number of aromatic nitrogens is 5. The molecule has 3 heterocycles. The second kappa shape index (κ2) is 12.8. The number of hydrogen-bond acceptors (Lipinski definition) is 7. The molecule has 11 heteroatoms. The Hall–Kier alpha value is -8.05. The van der Waals surface area contributed by atoms with Gasteiger partial charge in [0, 0.05) is 62.6 Å². The smallest absolute Gasteiger partial charge is 0.269 e. The molecule has 56 heavy (non-hydrogen) atoms. The van der Waals surface area contributed by atoms with Gasteiger partial charge in [-0.3, -0.25) is 24.8 Å². The van der Waals surface area contributed by atoms with Crippen molar-refractivity contribution in [3.05, 3.63) is 184 Å². The SMILES string of the molecule is O=[N+]([O-])c1ccc(-c2nc(-c3ccc([N+](=O)[O-])cc3)nc(-n3c4ccccc4c4ccc(-c5ccc6c(c5)c5ccccc5n6-c5ccccc5)cc43)n2)cc1. The van der Waals surface area contributed by atoms with E-state index in [-0.39, 0.29) is 11.4 Å². The van der Waals surface area contributed by atoms with Crippen LogP contribution < -0.4 is 0 Å². The number of nitro benzene ring substituents is 2. The van der Waals surface area contributed by atoms with Crippen LogP contribution in [0.25, 0.3) is 89.2 Å². The minimum absolute atomic E-state index is 0.0589. The largest absolute Gasteiger partial charge is 0.309 e. The Morgan fingerprint density at radius 3 is 1.46 bits per heavy atom. The van der Waals surface area contributed by atoms with Gasteiger partial charge in [-0.15, -0.1) is 0 Å². The average Bonchev–Trinajstić information content (AvgIpc) is 3.76. The van der Waals surface area contributed by atoms with Gasteiger partial charge in [0.25, 0.3) is 11.4 Å². The first-order chi connectivity index (χ1) is 27.4. The first-order valence-corrected chi connectivity index (χ1v) is 17.8. The van der Waals surface area contributed by atoms with E-state index >= 15 is 0 Å². The number of benzene rings is 7. The molecule has 3 aromatic heterocycles. The zero-order valence-electron chi connectivity index (χ0n) is 29.4. The third kappa shape index (κ3) is 5.33. The Bertz CT molecular complexity index is 3120. The summed E-state index contributed by atoms with van der Waals surface area (Å²) in [6.07, 6.45) is 0. The fourth-order valence-corrected chi connectivity index (χ4v) is 7.56. The van der Waals surface area contributed by atoms with Gasteiger partial charge in [-0.1, -0.05) is 72.8 Å². The van der Waals surface area contributed by atoms with Gasteiger partial charge in [-0.05, 0) is 77.9 Å². The summed E-state index contributed by atoms with van der Waals surface area (Å²) in [5.41, 5.74) is 8.09. The molecule has 0 aliphatic rings. The van der Waals surface area contributed by atoms with Crippen molar-refractivity contribution in [2.24, 2.45) is 0 Å². The standard InChI is InChI=1S/C45H27N7O4/c53-51(54)33-20-14-28(15-21-33)43-46-44(29-16-22-34(23-17-29)52(55)56)48-45(47-43)50-40-13-7-4-10-35(40)37-24-18-31(27-42(37)50)30-19-25-41-38(26-30)36-11-5-6-12-39(36)49(41)32-8-2-1-3-9-32/h1-27H. The second-order valence-corrected chi connectivity index (χ2v) is 13.4. The number of nitrogens with zero attached hydrogens (tertiary/aromatic N) is 7. The van der Waals surface area contributed by atoms with Gasteiger partial charge in [0.05, 0.1) is 31.9 Å². The summed E-state index contributed by atoms with van der Waals surface area (Å²) in [6, 6.07) is 51.9. The summed E-state index contributed by atoms with van der Waals surface area (Å²) >= 11 is 0. The van der Waals surface area contributed by atoms with E-state index in [9.17, 15) is 20.2 Å². The zero-order chi connectivity index (χ0) is 37.9. The summed E-state index contributed by atoms with van der Waals surface area (Å²) in [7, 11) is 0. The van der Waals surface area contributed by atoms with E-state index in [1.807, 2.05) is 28.8 Å². The molecule has 0 saturated heterocycles. The fourth-order valence-electron chi connectivity index (χ4n) is 7.56. The summed E-state index contributed by atoms with van der Waals surface area (Å²) in [5.74, 6) is 0.910. The summed E-state index contributed by atoms with van der Waals surface area (Å²) in [5, 5.41) is 27.2. The fraction of sp³-hybridized carbons (Fsp3) is 0. The Morgan fingerprint density at radius 2 is 0.857 bits per heavy atom. The quantitative estimate of drug-likeness (QED) is 0.118. The number of non-ortho nitro benzene ring substituents is 2. The molecule has 7 aromatic carbocycles. The molecule has 0 fully saturated rings. The van der Waals surface area contributed by atoms with E-state index < -0.39 is 9.85 Å². The topological polar surface area (TPSA) is 135 Å².